The molecule has 3 aromatic carbocycles. The molecule has 1 aliphatic rings. The number of ether oxygens (including phenoxy) is 1. The molecule has 0 unspecified atom stereocenters. The largest absolute Gasteiger partial charge is 0.457 e. The molecule has 0 radical (unpaired) electrons. The van der Waals surface area contributed by atoms with Gasteiger partial charge >= 0.3 is 0 Å². The number of hydrogen-bond donors (Lipinski definition) is 0. The van der Waals surface area contributed by atoms with Gasteiger partial charge in [0.2, 0.25) is 10.0 Å². The van der Waals surface area contributed by atoms with E-state index in [0.29, 0.717) is 31.1 Å². The van der Waals surface area contributed by atoms with Crippen molar-refractivity contribution in [2.45, 2.75) is 11.4 Å². The maximum absolute atomic E-state index is 12.8. The van der Waals surface area contributed by atoms with Crippen LogP contribution in [0.3, 0.4) is 0 Å². The number of hydrogen-bond acceptors (Lipinski definition) is 4. The monoisotopic (exact) mass is 408 g/mol. The standard InChI is InChI=1S/C23H24N2O3S/c26-29(27,23-12-5-2-6-13-23)25-16-14-24(15-17-25)19-20-8-7-11-22(18-20)28-21-9-3-1-4-10-21/h1-13,18H,14-17,19H2. The Bertz CT molecular complexity index is 1030. The van der Waals surface area contributed by atoms with E-state index in [0.717, 1.165) is 23.6 Å². The third-order valence-corrected chi connectivity index (χ3v) is 6.91. The molecule has 0 spiro atoms. The zero-order valence-electron chi connectivity index (χ0n) is 16.1. The van der Waals surface area contributed by atoms with Crippen LogP contribution >= 0.6 is 0 Å². The highest BCUT2D eigenvalue weighted by Crippen LogP contribution is 2.23. The summed E-state index contributed by atoms with van der Waals surface area (Å²) in [6.07, 6.45) is 0. The van der Waals surface area contributed by atoms with Gasteiger partial charge in [-0.05, 0) is 42.0 Å². The van der Waals surface area contributed by atoms with Crippen LogP contribution in [0.2, 0.25) is 0 Å². The molecule has 4 rings (SSSR count). The minimum Gasteiger partial charge on any atom is -0.457 e. The third kappa shape index (κ3) is 4.85. The van der Waals surface area contributed by atoms with Gasteiger partial charge in [0, 0.05) is 32.7 Å². The van der Waals surface area contributed by atoms with E-state index < -0.39 is 10.0 Å². The van der Waals surface area contributed by atoms with Gasteiger partial charge in [-0.15, -0.1) is 0 Å². The summed E-state index contributed by atoms with van der Waals surface area (Å²) in [5.74, 6) is 1.61. The summed E-state index contributed by atoms with van der Waals surface area (Å²) in [5.41, 5.74) is 1.15. The SMILES string of the molecule is O=S(=O)(c1ccccc1)N1CCN(Cc2cccc(Oc3ccccc3)c2)CC1. The quantitative estimate of drug-likeness (QED) is 0.619. The minimum atomic E-state index is -3.41. The highest BCUT2D eigenvalue weighted by molar-refractivity contribution is 7.89. The lowest BCUT2D eigenvalue weighted by Gasteiger charge is -2.34. The maximum atomic E-state index is 12.8. The zero-order valence-corrected chi connectivity index (χ0v) is 17.0. The van der Waals surface area contributed by atoms with Crippen LogP contribution in [0.25, 0.3) is 0 Å². The van der Waals surface area contributed by atoms with Crippen LogP contribution < -0.4 is 4.74 Å². The Kier molecular flexibility index (Phi) is 5.94. The van der Waals surface area contributed by atoms with Gasteiger partial charge in [0.15, 0.2) is 0 Å². The maximum Gasteiger partial charge on any atom is 0.243 e. The summed E-state index contributed by atoms with van der Waals surface area (Å²) in [7, 11) is -3.41. The van der Waals surface area contributed by atoms with Gasteiger partial charge in [-0.3, -0.25) is 4.90 Å². The lowest BCUT2D eigenvalue weighted by Crippen LogP contribution is -2.48. The van der Waals surface area contributed by atoms with Crippen LogP contribution in [-0.4, -0.2) is 43.8 Å². The molecule has 1 aliphatic heterocycles. The van der Waals surface area contributed by atoms with Gasteiger partial charge in [-0.2, -0.15) is 4.31 Å². The van der Waals surface area contributed by atoms with Crippen LogP contribution in [0, 0.1) is 0 Å². The number of rotatable bonds is 6. The predicted octanol–water partition coefficient (Wildman–Crippen LogP) is 3.99. The number of benzene rings is 3. The van der Waals surface area contributed by atoms with Gasteiger partial charge in [0.1, 0.15) is 11.5 Å². The fourth-order valence-electron chi connectivity index (χ4n) is 3.46. The second-order valence-electron chi connectivity index (χ2n) is 7.06. The summed E-state index contributed by atoms with van der Waals surface area (Å²) in [6.45, 7) is 3.17. The predicted molar refractivity (Wildman–Crippen MR) is 113 cm³/mol. The molecule has 5 nitrogen and oxygen atoms in total. The van der Waals surface area contributed by atoms with Crippen molar-refractivity contribution in [3.63, 3.8) is 0 Å². The lowest BCUT2D eigenvalue weighted by molar-refractivity contribution is 0.181. The third-order valence-electron chi connectivity index (χ3n) is 5.00. The van der Waals surface area contributed by atoms with Crippen molar-refractivity contribution >= 4 is 10.0 Å². The molecule has 1 heterocycles. The van der Waals surface area contributed by atoms with Crippen molar-refractivity contribution in [2.24, 2.45) is 0 Å². The van der Waals surface area contributed by atoms with Crippen LogP contribution in [0.1, 0.15) is 5.56 Å². The Morgan fingerprint density at radius 2 is 1.34 bits per heavy atom. The van der Waals surface area contributed by atoms with E-state index in [4.69, 9.17) is 4.74 Å². The molecule has 3 aromatic rings. The Balaban J connectivity index is 1.36. The van der Waals surface area contributed by atoms with Crippen molar-refractivity contribution in [2.75, 3.05) is 26.2 Å². The van der Waals surface area contributed by atoms with Gasteiger partial charge in [-0.25, -0.2) is 8.42 Å². The highest BCUT2D eigenvalue weighted by atomic mass is 32.2. The van der Waals surface area contributed by atoms with E-state index in [1.165, 1.54) is 0 Å². The fourth-order valence-corrected chi connectivity index (χ4v) is 4.90. The lowest BCUT2D eigenvalue weighted by atomic mass is 10.2. The van der Waals surface area contributed by atoms with E-state index in [9.17, 15) is 8.42 Å². The molecule has 29 heavy (non-hydrogen) atoms. The Morgan fingerprint density at radius 1 is 0.724 bits per heavy atom. The molecular formula is C23H24N2O3S. The second kappa shape index (κ2) is 8.78. The first-order valence-corrected chi connectivity index (χ1v) is 11.1. The smallest absolute Gasteiger partial charge is 0.243 e. The number of piperazine rings is 1. The molecular weight excluding hydrogens is 384 g/mol. The first-order valence-electron chi connectivity index (χ1n) is 9.71. The average molecular weight is 409 g/mol. The summed E-state index contributed by atoms with van der Waals surface area (Å²) in [4.78, 5) is 2.64. The van der Waals surface area contributed by atoms with E-state index in [1.807, 2.05) is 54.6 Å². The first kappa shape index (κ1) is 19.6. The van der Waals surface area contributed by atoms with Gasteiger partial charge in [0.05, 0.1) is 4.90 Å². The Hall–Kier alpha value is -2.67. The molecule has 0 aromatic heterocycles. The average Bonchev–Trinajstić information content (AvgIpc) is 2.76. The molecule has 0 aliphatic carbocycles. The van der Waals surface area contributed by atoms with Crippen molar-refractivity contribution < 1.29 is 13.2 Å². The van der Waals surface area contributed by atoms with Crippen LogP contribution in [0.4, 0.5) is 0 Å². The molecule has 1 fully saturated rings. The molecule has 0 N–H and O–H groups in total. The van der Waals surface area contributed by atoms with Crippen LogP contribution in [0.5, 0.6) is 11.5 Å². The summed E-state index contributed by atoms with van der Waals surface area (Å²) < 4.78 is 33.0. The highest BCUT2D eigenvalue weighted by Gasteiger charge is 2.28. The first-order chi connectivity index (χ1) is 14.1. The van der Waals surface area contributed by atoms with Crippen molar-refractivity contribution in [3.8, 4) is 11.5 Å². The van der Waals surface area contributed by atoms with E-state index in [1.54, 1.807) is 28.6 Å². The molecule has 0 bridgehead atoms. The van der Waals surface area contributed by atoms with Crippen LogP contribution in [-0.2, 0) is 16.6 Å². The zero-order chi connectivity index (χ0) is 20.1. The van der Waals surface area contributed by atoms with Gasteiger partial charge < -0.3 is 4.74 Å². The molecule has 150 valence electrons. The number of para-hydroxylation sites is 1. The molecule has 0 saturated carbocycles. The topological polar surface area (TPSA) is 49.9 Å². The van der Waals surface area contributed by atoms with E-state index in [2.05, 4.69) is 11.0 Å². The van der Waals surface area contributed by atoms with Crippen molar-refractivity contribution in [1.29, 1.82) is 0 Å². The summed E-state index contributed by atoms with van der Waals surface area (Å²) in [5, 5.41) is 0. The van der Waals surface area contributed by atoms with E-state index >= 15 is 0 Å². The number of nitrogens with zero attached hydrogens (tertiary/aromatic N) is 2. The number of sulfonamides is 1. The van der Waals surface area contributed by atoms with Gasteiger partial charge in [-0.1, -0.05) is 48.5 Å². The second-order valence-corrected chi connectivity index (χ2v) is 8.99. The van der Waals surface area contributed by atoms with Crippen molar-refractivity contribution in [1.82, 2.24) is 9.21 Å². The Labute approximate surface area is 172 Å². The molecule has 0 atom stereocenters. The Morgan fingerprint density at radius 3 is 2.03 bits per heavy atom. The molecule has 6 heteroatoms. The van der Waals surface area contributed by atoms with Crippen molar-refractivity contribution in [3.05, 3.63) is 90.5 Å². The normalized spacial score (nSPS) is 15.9. The van der Waals surface area contributed by atoms with E-state index in [-0.39, 0.29) is 0 Å². The fraction of sp³-hybridized carbons (Fsp3) is 0.217. The van der Waals surface area contributed by atoms with Gasteiger partial charge in [0.25, 0.3) is 0 Å². The minimum absolute atomic E-state index is 0.360. The summed E-state index contributed by atoms with van der Waals surface area (Å²) >= 11 is 0. The summed E-state index contributed by atoms with van der Waals surface area (Å²) in [6, 6.07) is 26.4. The molecule has 0 amide bonds. The molecule has 1 saturated heterocycles. The van der Waals surface area contributed by atoms with Crippen LogP contribution in [0.15, 0.2) is 89.8 Å².